The van der Waals surface area contributed by atoms with Crippen LogP contribution in [-0.4, -0.2) is 30.9 Å². The zero-order chi connectivity index (χ0) is 14.7. The topological polar surface area (TPSA) is 61.4 Å². The minimum atomic E-state index is -0.0357. The Morgan fingerprint density at radius 1 is 1.29 bits per heavy atom. The molecule has 0 unspecified atom stereocenters. The van der Waals surface area contributed by atoms with Crippen LogP contribution >= 0.6 is 0 Å². The van der Waals surface area contributed by atoms with Crippen LogP contribution in [0.2, 0.25) is 0 Å². The third-order valence-electron chi connectivity index (χ3n) is 4.16. The first-order valence-corrected chi connectivity index (χ1v) is 7.64. The molecule has 2 amide bonds. The Bertz CT molecular complexity index is 521. The van der Waals surface area contributed by atoms with E-state index < -0.39 is 0 Å². The third kappa shape index (κ3) is 3.24. The number of hydrogen-bond acceptors (Lipinski definition) is 3. The number of amides is 2. The summed E-state index contributed by atoms with van der Waals surface area (Å²) in [6.45, 7) is 2.27. The van der Waals surface area contributed by atoms with Crippen LogP contribution in [0.4, 0.5) is 5.69 Å². The molecule has 0 radical (unpaired) electrons. The predicted molar refractivity (Wildman–Crippen MR) is 80.9 cm³/mol. The molecule has 1 aromatic carbocycles. The molecule has 0 bridgehead atoms. The van der Waals surface area contributed by atoms with E-state index in [-0.39, 0.29) is 17.9 Å². The highest BCUT2D eigenvalue weighted by atomic mass is 16.2. The number of benzene rings is 1. The molecule has 0 aromatic heterocycles. The van der Waals surface area contributed by atoms with Gasteiger partial charge in [0.15, 0.2) is 0 Å². The Hall–Kier alpha value is -1.88. The number of nitrogens with zero attached hydrogens (tertiary/aromatic N) is 1. The summed E-state index contributed by atoms with van der Waals surface area (Å²) >= 11 is 0. The second kappa shape index (κ2) is 6.26. The maximum atomic E-state index is 11.9. The van der Waals surface area contributed by atoms with Gasteiger partial charge >= 0.3 is 0 Å². The van der Waals surface area contributed by atoms with E-state index in [1.807, 2.05) is 29.2 Å². The van der Waals surface area contributed by atoms with Gasteiger partial charge in [-0.2, -0.15) is 0 Å². The molecule has 2 saturated heterocycles. The van der Waals surface area contributed by atoms with E-state index in [1.54, 1.807) is 0 Å². The molecule has 0 saturated carbocycles. The van der Waals surface area contributed by atoms with Crippen molar-refractivity contribution in [3.05, 3.63) is 29.8 Å². The van der Waals surface area contributed by atoms with Crippen LogP contribution in [0.15, 0.2) is 24.3 Å². The highest BCUT2D eigenvalue weighted by Crippen LogP contribution is 2.21. The van der Waals surface area contributed by atoms with Gasteiger partial charge in [0.25, 0.3) is 0 Å². The summed E-state index contributed by atoms with van der Waals surface area (Å²) in [5.74, 6) is 0.273. The molecule has 0 aliphatic carbocycles. The van der Waals surface area contributed by atoms with Crippen LogP contribution in [0.5, 0.6) is 0 Å². The van der Waals surface area contributed by atoms with Crippen molar-refractivity contribution in [1.29, 1.82) is 0 Å². The molecule has 2 heterocycles. The van der Waals surface area contributed by atoms with Gasteiger partial charge in [0.05, 0.1) is 6.04 Å². The summed E-state index contributed by atoms with van der Waals surface area (Å²) in [5, 5.41) is 6.14. The van der Waals surface area contributed by atoms with Gasteiger partial charge in [-0.3, -0.25) is 9.59 Å². The molecule has 2 N–H and O–H groups in total. The summed E-state index contributed by atoms with van der Waals surface area (Å²) < 4.78 is 0. The highest BCUT2D eigenvalue weighted by Gasteiger charge is 2.22. The lowest BCUT2D eigenvalue weighted by atomic mass is 10.1. The van der Waals surface area contributed by atoms with Crippen molar-refractivity contribution in [3.63, 3.8) is 0 Å². The van der Waals surface area contributed by atoms with E-state index >= 15 is 0 Å². The van der Waals surface area contributed by atoms with Crippen molar-refractivity contribution < 1.29 is 9.59 Å². The number of hydrogen-bond donors (Lipinski definition) is 2. The second-order valence-electron chi connectivity index (χ2n) is 5.68. The Balaban J connectivity index is 1.54. The maximum absolute atomic E-state index is 11.9. The van der Waals surface area contributed by atoms with Crippen LogP contribution < -0.4 is 15.5 Å². The summed E-state index contributed by atoms with van der Waals surface area (Å²) in [7, 11) is 0. The van der Waals surface area contributed by atoms with Gasteiger partial charge in [0.2, 0.25) is 11.8 Å². The fraction of sp³-hybridized carbons (Fsp3) is 0.500. The summed E-state index contributed by atoms with van der Waals surface area (Å²) in [6.07, 6.45) is 3.57. The third-order valence-corrected chi connectivity index (χ3v) is 4.16. The SMILES string of the molecule is O=C(NCc1ccc(N2CCCC2=O)cc1)[C@H]1CCCN1. The molecule has 112 valence electrons. The highest BCUT2D eigenvalue weighted by molar-refractivity contribution is 5.95. The Morgan fingerprint density at radius 2 is 2.10 bits per heavy atom. The Kier molecular flexibility index (Phi) is 4.20. The summed E-state index contributed by atoms with van der Waals surface area (Å²) in [6, 6.07) is 7.83. The average Bonchev–Trinajstić information content (AvgIpc) is 3.17. The van der Waals surface area contributed by atoms with Crippen molar-refractivity contribution in [2.45, 2.75) is 38.3 Å². The molecule has 0 spiro atoms. The number of anilines is 1. The number of carbonyl (C=O) groups excluding carboxylic acids is 2. The molecule has 5 nitrogen and oxygen atoms in total. The number of nitrogens with one attached hydrogen (secondary N) is 2. The molecule has 1 atom stereocenters. The first-order chi connectivity index (χ1) is 10.2. The lowest BCUT2D eigenvalue weighted by Crippen LogP contribution is -2.39. The van der Waals surface area contributed by atoms with E-state index in [0.29, 0.717) is 13.0 Å². The van der Waals surface area contributed by atoms with Gasteiger partial charge in [-0.15, -0.1) is 0 Å². The summed E-state index contributed by atoms with van der Waals surface area (Å²) in [5.41, 5.74) is 2.00. The molecule has 5 heteroatoms. The van der Waals surface area contributed by atoms with Crippen molar-refractivity contribution >= 4 is 17.5 Å². The smallest absolute Gasteiger partial charge is 0.237 e. The first kappa shape index (κ1) is 14.1. The minimum absolute atomic E-state index is 0.0357. The quantitative estimate of drug-likeness (QED) is 0.874. The molecular weight excluding hydrogens is 266 g/mol. The van der Waals surface area contributed by atoms with Crippen molar-refractivity contribution in [2.24, 2.45) is 0 Å². The largest absolute Gasteiger partial charge is 0.351 e. The molecule has 2 fully saturated rings. The lowest BCUT2D eigenvalue weighted by Gasteiger charge is -2.16. The molecular formula is C16H21N3O2. The normalized spacial score (nSPS) is 21.8. The van der Waals surface area contributed by atoms with Crippen molar-refractivity contribution in [1.82, 2.24) is 10.6 Å². The van der Waals surface area contributed by atoms with Gasteiger partial charge in [0.1, 0.15) is 0 Å². The van der Waals surface area contributed by atoms with E-state index in [2.05, 4.69) is 10.6 Å². The van der Waals surface area contributed by atoms with Crippen LogP contribution in [0.3, 0.4) is 0 Å². The average molecular weight is 287 g/mol. The predicted octanol–water partition coefficient (Wildman–Crippen LogP) is 1.18. The molecule has 2 aliphatic rings. The lowest BCUT2D eigenvalue weighted by molar-refractivity contribution is -0.123. The van der Waals surface area contributed by atoms with Gasteiger partial charge in [-0.05, 0) is 43.5 Å². The van der Waals surface area contributed by atoms with Gasteiger partial charge in [-0.25, -0.2) is 0 Å². The standard InChI is InChI=1S/C16H21N3O2/c20-15-4-2-10-19(15)13-7-5-12(6-8-13)11-18-16(21)14-3-1-9-17-14/h5-8,14,17H,1-4,9-11H2,(H,18,21)/t14-/m1/s1. The number of rotatable bonds is 4. The van der Waals surface area contributed by atoms with Crippen molar-refractivity contribution in [2.75, 3.05) is 18.0 Å². The Morgan fingerprint density at radius 3 is 2.71 bits per heavy atom. The van der Waals surface area contributed by atoms with E-state index in [0.717, 1.165) is 43.6 Å². The summed E-state index contributed by atoms with van der Waals surface area (Å²) in [4.78, 5) is 25.4. The Labute approximate surface area is 124 Å². The van der Waals surface area contributed by atoms with E-state index in [9.17, 15) is 9.59 Å². The zero-order valence-electron chi connectivity index (χ0n) is 12.1. The second-order valence-corrected chi connectivity index (χ2v) is 5.68. The fourth-order valence-electron chi connectivity index (χ4n) is 2.94. The molecule has 3 rings (SSSR count). The molecule has 1 aromatic rings. The van der Waals surface area contributed by atoms with Crippen LogP contribution in [0, 0.1) is 0 Å². The van der Waals surface area contributed by atoms with Crippen LogP contribution in [0.25, 0.3) is 0 Å². The monoisotopic (exact) mass is 287 g/mol. The van der Waals surface area contributed by atoms with Gasteiger partial charge < -0.3 is 15.5 Å². The van der Waals surface area contributed by atoms with E-state index in [1.165, 1.54) is 0 Å². The number of carbonyl (C=O) groups is 2. The van der Waals surface area contributed by atoms with E-state index in [4.69, 9.17) is 0 Å². The van der Waals surface area contributed by atoms with Crippen LogP contribution in [0.1, 0.15) is 31.2 Å². The van der Waals surface area contributed by atoms with Gasteiger partial charge in [0, 0.05) is 25.2 Å². The molecule has 2 aliphatic heterocycles. The first-order valence-electron chi connectivity index (χ1n) is 7.64. The van der Waals surface area contributed by atoms with Crippen molar-refractivity contribution in [3.8, 4) is 0 Å². The zero-order valence-corrected chi connectivity index (χ0v) is 12.1. The maximum Gasteiger partial charge on any atom is 0.237 e. The fourth-order valence-corrected chi connectivity index (χ4v) is 2.94. The van der Waals surface area contributed by atoms with Gasteiger partial charge in [-0.1, -0.05) is 12.1 Å². The minimum Gasteiger partial charge on any atom is -0.351 e. The molecule has 21 heavy (non-hydrogen) atoms. The van der Waals surface area contributed by atoms with Crippen LogP contribution in [-0.2, 0) is 16.1 Å².